The van der Waals surface area contributed by atoms with Gasteiger partial charge in [0.1, 0.15) is 5.75 Å². The Morgan fingerprint density at radius 3 is 2.33 bits per heavy atom. The monoisotopic (exact) mass is 320 g/mol. The number of hydrogen-bond acceptors (Lipinski definition) is 2. The highest BCUT2D eigenvalue weighted by molar-refractivity contribution is 6.42. The van der Waals surface area contributed by atoms with Crippen LogP contribution in [-0.4, -0.2) is 14.9 Å². The molecule has 0 unspecified atom stereocenters. The molecule has 0 saturated heterocycles. The van der Waals surface area contributed by atoms with E-state index in [0.29, 0.717) is 21.4 Å². The first-order chi connectivity index (χ1) is 10.0. The Hall–Kier alpha value is -2.17. The number of hydrogen-bond donors (Lipinski definition) is 2. The summed E-state index contributed by atoms with van der Waals surface area (Å²) in [6, 6.07) is 13.0. The molecule has 3 aromatic rings. The lowest BCUT2D eigenvalue weighted by Gasteiger charge is -2.04. The fraction of sp³-hybridized carbons (Fsp3) is 0. The Morgan fingerprint density at radius 1 is 0.952 bits per heavy atom. The largest absolute Gasteiger partial charge is 0.508 e. The number of nitrogens with one attached hydrogen (secondary N) is 1. The average molecular weight is 321 g/mol. The minimum absolute atomic E-state index is 0.171. The standard InChI is InChI=1S/C15H10Cl2N2O2/c16-12-6-3-10(7-13(12)17)19-15(21)8-14(18-19)9-1-4-11(20)5-2-9/h1-8,18,20H. The second kappa shape index (κ2) is 5.31. The molecular formula is C15H10Cl2N2O2. The van der Waals surface area contributed by atoms with Crippen LogP contribution in [0.15, 0.2) is 53.3 Å². The summed E-state index contributed by atoms with van der Waals surface area (Å²) in [5.41, 5.74) is 1.82. The third-order valence-corrected chi connectivity index (χ3v) is 3.80. The molecule has 1 heterocycles. The predicted octanol–water partition coefficient (Wildman–Crippen LogP) is 3.85. The lowest BCUT2D eigenvalue weighted by atomic mass is 10.1. The molecule has 0 bridgehead atoms. The van der Waals surface area contributed by atoms with Gasteiger partial charge in [0.15, 0.2) is 0 Å². The number of nitrogens with zero attached hydrogens (tertiary/aromatic N) is 1. The van der Waals surface area contributed by atoms with Gasteiger partial charge in [0.2, 0.25) is 0 Å². The number of rotatable bonds is 2. The van der Waals surface area contributed by atoms with Crippen molar-refractivity contribution < 1.29 is 5.11 Å². The summed E-state index contributed by atoms with van der Waals surface area (Å²) in [5, 5.41) is 13.1. The van der Waals surface area contributed by atoms with E-state index in [1.165, 1.54) is 10.7 Å². The molecule has 3 rings (SSSR count). The van der Waals surface area contributed by atoms with Crippen molar-refractivity contribution in [3.63, 3.8) is 0 Å². The highest BCUT2D eigenvalue weighted by Gasteiger charge is 2.08. The van der Waals surface area contributed by atoms with Gasteiger partial charge in [0.25, 0.3) is 5.56 Å². The third kappa shape index (κ3) is 2.68. The Morgan fingerprint density at radius 2 is 1.67 bits per heavy atom. The molecule has 2 aromatic carbocycles. The van der Waals surface area contributed by atoms with Crippen molar-refractivity contribution in [2.45, 2.75) is 0 Å². The number of phenols is 1. The smallest absolute Gasteiger partial charge is 0.271 e. The van der Waals surface area contributed by atoms with Crippen LogP contribution in [0, 0.1) is 0 Å². The van der Waals surface area contributed by atoms with Crippen LogP contribution in [-0.2, 0) is 0 Å². The van der Waals surface area contributed by atoms with E-state index in [1.54, 1.807) is 42.5 Å². The second-order valence-electron chi connectivity index (χ2n) is 4.49. The molecule has 21 heavy (non-hydrogen) atoms. The quantitative estimate of drug-likeness (QED) is 0.753. The van der Waals surface area contributed by atoms with Crippen LogP contribution in [0.4, 0.5) is 0 Å². The number of H-pyrrole nitrogens is 1. The van der Waals surface area contributed by atoms with Crippen molar-refractivity contribution in [1.29, 1.82) is 0 Å². The van der Waals surface area contributed by atoms with E-state index in [0.717, 1.165) is 5.56 Å². The molecule has 0 spiro atoms. The van der Waals surface area contributed by atoms with Gasteiger partial charge in [-0.15, -0.1) is 0 Å². The number of benzene rings is 2. The van der Waals surface area contributed by atoms with Crippen molar-refractivity contribution in [2.75, 3.05) is 0 Å². The summed E-state index contributed by atoms with van der Waals surface area (Å²) in [7, 11) is 0. The van der Waals surface area contributed by atoms with Crippen LogP contribution < -0.4 is 5.56 Å². The Bertz CT molecular complexity index is 851. The first-order valence-electron chi connectivity index (χ1n) is 6.11. The summed E-state index contributed by atoms with van der Waals surface area (Å²) >= 11 is 11.8. The van der Waals surface area contributed by atoms with Gasteiger partial charge < -0.3 is 5.11 Å². The molecule has 0 aliphatic heterocycles. The van der Waals surface area contributed by atoms with Crippen molar-refractivity contribution >= 4 is 23.2 Å². The van der Waals surface area contributed by atoms with Crippen molar-refractivity contribution in [3.8, 4) is 22.7 Å². The van der Waals surface area contributed by atoms with E-state index in [4.69, 9.17) is 23.2 Å². The number of aromatic hydroxyl groups is 1. The van der Waals surface area contributed by atoms with E-state index in [2.05, 4.69) is 5.10 Å². The van der Waals surface area contributed by atoms with E-state index < -0.39 is 0 Å². The Balaban J connectivity index is 2.07. The number of aromatic amines is 1. The zero-order valence-electron chi connectivity index (χ0n) is 10.7. The Labute approximate surface area is 130 Å². The number of halogens is 2. The lowest BCUT2D eigenvalue weighted by Crippen LogP contribution is -2.13. The predicted molar refractivity (Wildman–Crippen MR) is 83.5 cm³/mol. The van der Waals surface area contributed by atoms with Gasteiger partial charge in [-0.25, -0.2) is 4.68 Å². The van der Waals surface area contributed by atoms with Gasteiger partial charge in [0, 0.05) is 6.07 Å². The zero-order valence-corrected chi connectivity index (χ0v) is 12.2. The van der Waals surface area contributed by atoms with Crippen molar-refractivity contribution in [1.82, 2.24) is 9.78 Å². The summed E-state index contributed by atoms with van der Waals surface area (Å²) in [4.78, 5) is 12.1. The summed E-state index contributed by atoms with van der Waals surface area (Å²) in [5.74, 6) is 0.171. The average Bonchev–Trinajstić information content (AvgIpc) is 2.85. The molecule has 4 nitrogen and oxygen atoms in total. The van der Waals surface area contributed by atoms with Gasteiger partial charge in [-0.3, -0.25) is 9.89 Å². The molecule has 0 amide bonds. The molecule has 1 aromatic heterocycles. The van der Waals surface area contributed by atoms with E-state index >= 15 is 0 Å². The second-order valence-corrected chi connectivity index (χ2v) is 5.30. The van der Waals surface area contributed by atoms with Gasteiger partial charge in [0.05, 0.1) is 21.4 Å². The first-order valence-corrected chi connectivity index (χ1v) is 6.87. The minimum Gasteiger partial charge on any atom is -0.508 e. The van der Waals surface area contributed by atoms with Crippen LogP contribution in [0.5, 0.6) is 5.75 Å². The minimum atomic E-state index is -0.212. The van der Waals surface area contributed by atoms with Crippen molar-refractivity contribution in [2.24, 2.45) is 0 Å². The van der Waals surface area contributed by atoms with E-state index in [-0.39, 0.29) is 11.3 Å². The SMILES string of the molecule is O=c1cc(-c2ccc(O)cc2)[nH]n1-c1ccc(Cl)c(Cl)c1. The van der Waals surface area contributed by atoms with Crippen LogP contribution >= 0.6 is 23.2 Å². The van der Waals surface area contributed by atoms with Gasteiger partial charge in [-0.2, -0.15) is 0 Å². The molecule has 0 aliphatic rings. The fourth-order valence-electron chi connectivity index (χ4n) is 2.00. The lowest BCUT2D eigenvalue weighted by molar-refractivity contribution is 0.475. The molecule has 0 saturated carbocycles. The van der Waals surface area contributed by atoms with Gasteiger partial charge in [-0.05, 0) is 48.0 Å². The number of phenolic OH excluding ortho intramolecular Hbond substituents is 1. The maximum atomic E-state index is 12.1. The zero-order chi connectivity index (χ0) is 15.0. The van der Waals surface area contributed by atoms with Crippen LogP contribution in [0.2, 0.25) is 10.0 Å². The third-order valence-electron chi connectivity index (χ3n) is 3.06. The molecular weight excluding hydrogens is 311 g/mol. The van der Waals surface area contributed by atoms with Gasteiger partial charge in [-0.1, -0.05) is 23.2 Å². The summed E-state index contributed by atoms with van der Waals surface area (Å²) < 4.78 is 1.38. The van der Waals surface area contributed by atoms with Crippen LogP contribution in [0.3, 0.4) is 0 Å². The normalized spacial score (nSPS) is 10.8. The maximum Gasteiger partial charge on any atom is 0.271 e. The molecule has 6 heteroatoms. The maximum absolute atomic E-state index is 12.1. The molecule has 0 atom stereocenters. The highest BCUT2D eigenvalue weighted by Crippen LogP contribution is 2.24. The van der Waals surface area contributed by atoms with Crippen LogP contribution in [0.25, 0.3) is 16.9 Å². The molecule has 0 radical (unpaired) electrons. The molecule has 0 fully saturated rings. The molecule has 0 aliphatic carbocycles. The van der Waals surface area contributed by atoms with Crippen molar-refractivity contribution in [3.05, 3.63) is 68.9 Å². The van der Waals surface area contributed by atoms with Crippen LogP contribution in [0.1, 0.15) is 0 Å². The summed E-state index contributed by atoms with van der Waals surface area (Å²) in [6.45, 7) is 0. The molecule has 2 N–H and O–H groups in total. The summed E-state index contributed by atoms with van der Waals surface area (Å²) in [6.07, 6.45) is 0. The molecule has 106 valence electrons. The first kappa shape index (κ1) is 13.8. The topological polar surface area (TPSA) is 58.0 Å². The highest BCUT2D eigenvalue weighted by atomic mass is 35.5. The fourth-order valence-corrected chi connectivity index (χ4v) is 2.29. The van der Waals surface area contributed by atoms with Gasteiger partial charge >= 0.3 is 0 Å². The van der Waals surface area contributed by atoms with E-state index in [9.17, 15) is 9.90 Å². The number of aromatic nitrogens is 2. The Kier molecular flexibility index (Phi) is 3.49. The van der Waals surface area contributed by atoms with E-state index in [1.807, 2.05) is 0 Å².